The Balaban J connectivity index is 3.12. The minimum atomic E-state index is -4.01. The van der Waals surface area contributed by atoms with Crippen LogP contribution in [0.15, 0.2) is 16.2 Å². The number of hydrogen-bond acceptors (Lipinski definition) is 5. The second-order valence-corrected chi connectivity index (χ2v) is 4.98. The van der Waals surface area contributed by atoms with E-state index >= 15 is 0 Å². The molecule has 0 aromatic rings. The molecule has 0 spiro atoms. The van der Waals surface area contributed by atoms with Crippen molar-refractivity contribution in [2.75, 3.05) is 13.2 Å². The molecular formula is C9H13N3O5S. The second kappa shape index (κ2) is 5.17. The molecule has 18 heavy (non-hydrogen) atoms. The molecule has 0 aliphatic carbocycles. The van der Waals surface area contributed by atoms with Crippen molar-refractivity contribution in [3.8, 4) is 0 Å². The normalized spacial score (nSPS) is 17.8. The lowest BCUT2D eigenvalue weighted by molar-refractivity contribution is -0.138. The lowest BCUT2D eigenvalue weighted by Crippen LogP contribution is -2.37. The fourth-order valence-corrected chi connectivity index (χ4v) is 2.35. The minimum absolute atomic E-state index is 0.00849. The van der Waals surface area contributed by atoms with E-state index in [-0.39, 0.29) is 17.9 Å². The Morgan fingerprint density at radius 2 is 2.11 bits per heavy atom. The maximum atomic E-state index is 11.6. The highest BCUT2D eigenvalue weighted by Gasteiger charge is 2.29. The second-order valence-electron chi connectivity index (χ2n) is 3.43. The summed E-state index contributed by atoms with van der Waals surface area (Å²) in [5.41, 5.74) is 4.91. The molecule has 0 atom stereocenters. The lowest BCUT2D eigenvalue weighted by atomic mass is 10.2. The van der Waals surface area contributed by atoms with Gasteiger partial charge in [0.25, 0.3) is 0 Å². The van der Waals surface area contributed by atoms with Crippen molar-refractivity contribution in [1.82, 2.24) is 4.31 Å². The van der Waals surface area contributed by atoms with Gasteiger partial charge in [-0.3, -0.25) is 4.79 Å². The molecule has 0 fully saturated rings. The highest BCUT2D eigenvalue weighted by Crippen LogP contribution is 2.16. The molecule has 0 aromatic carbocycles. The quantitative estimate of drug-likeness (QED) is 0.656. The van der Waals surface area contributed by atoms with Gasteiger partial charge in [-0.05, 0) is 13.8 Å². The highest BCUT2D eigenvalue weighted by molar-refractivity contribution is 7.88. The lowest BCUT2D eigenvalue weighted by Gasteiger charge is -2.21. The summed E-state index contributed by atoms with van der Waals surface area (Å²) in [5.74, 6) is -1.56. The fourth-order valence-electron chi connectivity index (χ4n) is 1.27. The SMILES string of the molecule is CCOC(=O)C1=CN(CC(N)=O)S(=O)(=O)N=C1C. The van der Waals surface area contributed by atoms with E-state index in [1.165, 1.54) is 6.92 Å². The molecule has 1 heterocycles. The number of carbonyl (C=O) groups excluding carboxylic acids is 2. The van der Waals surface area contributed by atoms with Gasteiger partial charge in [0, 0.05) is 6.20 Å². The topological polar surface area (TPSA) is 119 Å². The zero-order chi connectivity index (χ0) is 13.9. The minimum Gasteiger partial charge on any atom is -0.462 e. The molecule has 0 radical (unpaired) electrons. The molecule has 0 saturated heterocycles. The third kappa shape index (κ3) is 3.06. The van der Waals surface area contributed by atoms with Gasteiger partial charge in [0.05, 0.1) is 17.9 Å². The van der Waals surface area contributed by atoms with E-state index < -0.39 is 28.6 Å². The maximum Gasteiger partial charge on any atom is 0.344 e. The monoisotopic (exact) mass is 275 g/mol. The summed E-state index contributed by atoms with van der Waals surface area (Å²) in [4.78, 5) is 22.3. The molecule has 1 aliphatic heterocycles. The van der Waals surface area contributed by atoms with E-state index in [4.69, 9.17) is 10.5 Å². The van der Waals surface area contributed by atoms with Crippen LogP contribution in [0.25, 0.3) is 0 Å². The molecule has 100 valence electrons. The Kier molecular flexibility index (Phi) is 4.07. The van der Waals surface area contributed by atoms with Gasteiger partial charge in [-0.2, -0.15) is 8.42 Å². The van der Waals surface area contributed by atoms with Gasteiger partial charge in [-0.1, -0.05) is 0 Å². The number of nitrogens with zero attached hydrogens (tertiary/aromatic N) is 2. The van der Waals surface area contributed by atoms with E-state index in [1.54, 1.807) is 6.92 Å². The number of amides is 1. The van der Waals surface area contributed by atoms with Gasteiger partial charge in [0.1, 0.15) is 6.54 Å². The Hall–Kier alpha value is -1.90. The van der Waals surface area contributed by atoms with Crippen molar-refractivity contribution in [3.05, 3.63) is 11.8 Å². The average molecular weight is 275 g/mol. The van der Waals surface area contributed by atoms with Gasteiger partial charge in [0.2, 0.25) is 5.91 Å². The van der Waals surface area contributed by atoms with Crippen molar-refractivity contribution < 1.29 is 22.7 Å². The van der Waals surface area contributed by atoms with Gasteiger partial charge < -0.3 is 10.5 Å². The summed E-state index contributed by atoms with van der Waals surface area (Å²) in [6.07, 6.45) is 1.00. The summed E-state index contributed by atoms with van der Waals surface area (Å²) in [6, 6.07) is 0. The van der Waals surface area contributed by atoms with Crippen LogP contribution in [0.3, 0.4) is 0 Å². The van der Waals surface area contributed by atoms with E-state index in [0.717, 1.165) is 6.20 Å². The van der Waals surface area contributed by atoms with Crippen LogP contribution in [0.4, 0.5) is 0 Å². The predicted molar refractivity (Wildman–Crippen MR) is 62.6 cm³/mol. The van der Waals surface area contributed by atoms with Crippen molar-refractivity contribution in [2.45, 2.75) is 13.8 Å². The van der Waals surface area contributed by atoms with Crippen LogP contribution in [0.2, 0.25) is 0 Å². The molecule has 0 saturated carbocycles. The van der Waals surface area contributed by atoms with E-state index in [0.29, 0.717) is 4.31 Å². The summed E-state index contributed by atoms with van der Waals surface area (Å²) < 4.78 is 31.9. The predicted octanol–water partition coefficient (Wildman–Crippen LogP) is -1.06. The smallest absolute Gasteiger partial charge is 0.344 e. The van der Waals surface area contributed by atoms with Crippen LogP contribution in [0.1, 0.15) is 13.8 Å². The number of nitrogens with two attached hydrogens (primary N) is 1. The largest absolute Gasteiger partial charge is 0.462 e. The zero-order valence-corrected chi connectivity index (χ0v) is 10.7. The van der Waals surface area contributed by atoms with Crippen molar-refractivity contribution in [3.63, 3.8) is 0 Å². The summed E-state index contributed by atoms with van der Waals surface area (Å²) in [5, 5.41) is 0. The van der Waals surface area contributed by atoms with Crippen molar-refractivity contribution in [1.29, 1.82) is 0 Å². The van der Waals surface area contributed by atoms with Gasteiger partial charge in [0.15, 0.2) is 0 Å². The van der Waals surface area contributed by atoms with Gasteiger partial charge in [-0.15, -0.1) is 4.40 Å². The number of hydrogen-bond donors (Lipinski definition) is 1. The first-order valence-corrected chi connectivity index (χ1v) is 6.43. The summed E-state index contributed by atoms with van der Waals surface area (Å²) >= 11 is 0. The number of primary amides is 1. The van der Waals surface area contributed by atoms with Crippen LogP contribution in [0, 0.1) is 0 Å². The van der Waals surface area contributed by atoms with Gasteiger partial charge in [-0.25, -0.2) is 9.10 Å². The van der Waals surface area contributed by atoms with Crippen molar-refractivity contribution in [2.24, 2.45) is 10.1 Å². The highest BCUT2D eigenvalue weighted by atomic mass is 32.2. The van der Waals surface area contributed by atoms with Crippen LogP contribution >= 0.6 is 0 Å². The first-order valence-electron chi connectivity index (χ1n) is 5.04. The van der Waals surface area contributed by atoms with Crippen LogP contribution in [-0.2, 0) is 24.5 Å². The standard InChI is InChI=1S/C9H13N3O5S/c1-3-17-9(14)7-4-12(5-8(10)13)18(15,16)11-6(7)2/h4H,3,5H2,1-2H3,(H2,10,13). The molecule has 1 amide bonds. The van der Waals surface area contributed by atoms with Crippen LogP contribution < -0.4 is 5.73 Å². The Morgan fingerprint density at radius 1 is 1.50 bits per heavy atom. The van der Waals surface area contributed by atoms with E-state index in [2.05, 4.69) is 4.40 Å². The molecular weight excluding hydrogens is 262 g/mol. The first kappa shape index (κ1) is 14.2. The molecule has 9 heteroatoms. The first-order chi connectivity index (χ1) is 8.27. The molecule has 2 N–H and O–H groups in total. The number of esters is 1. The number of carbonyl (C=O) groups is 2. The van der Waals surface area contributed by atoms with E-state index in [9.17, 15) is 18.0 Å². The molecule has 1 rings (SSSR count). The fraction of sp³-hybridized carbons (Fsp3) is 0.444. The Bertz CT molecular complexity index is 534. The van der Waals surface area contributed by atoms with Gasteiger partial charge >= 0.3 is 16.2 Å². The Labute approximate surface area is 104 Å². The third-order valence-corrected chi connectivity index (χ3v) is 3.35. The molecule has 8 nitrogen and oxygen atoms in total. The maximum absolute atomic E-state index is 11.6. The number of rotatable bonds is 4. The zero-order valence-electron chi connectivity index (χ0n) is 9.91. The Morgan fingerprint density at radius 3 is 2.61 bits per heavy atom. The number of ether oxygens (including phenoxy) is 1. The van der Waals surface area contributed by atoms with E-state index in [1.807, 2.05) is 0 Å². The molecule has 0 aromatic heterocycles. The van der Waals surface area contributed by atoms with Crippen LogP contribution in [-0.4, -0.2) is 43.5 Å². The van der Waals surface area contributed by atoms with Crippen molar-refractivity contribution >= 4 is 27.8 Å². The molecule has 0 bridgehead atoms. The molecule has 1 aliphatic rings. The average Bonchev–Trinajstić information content (AvgIpc) is 2.21. The third-order valence-electron chi connectivity index (χ3n) is 2.02. The van der Waals surface area contributed by atoms with Crippen LogP contribution in [0.5, 0.6) is 0 Å². The summed E-state index contributed by atoms with van der Waals surface area (Å²) in [7, 11) is -4.01. The molecule has 0 unspecified atom stereocenters. The summed E-state index contributed by atoms with van der Waals surface area (Å²) in [6.45, 7) is 2.54.